The topological polar surface area (TPSA) is 23.5 Å². The second kappa shape index (κ2) is 7.52. The van der Waals surface area contributed by atoms with E-state index in [1.54, 1.807) is 0 Å². The van der Waals surface area contributed by atoms with Crippen LogP contribution >= 0.6 is 0 Å². The molecule has 1 atom stereocenters. The summed E-state index contributed by atoms with van der Waals surface area (Å²) < 4.78 is 0. The van der Waals surface area contributed by atoms with Crippen LogP contribution in [0.15, 0.2) is 30.3 Å². The third-order valence-corrected chi connectivity index (χ3v) is 1.82. The fourth-order valence-electron chi connectivity index (χ4n) is 1.32. The zero-order valence-corrected chi connectivity index (χ0v) is 11.4. The van der Waals surface area contributed by atoms with Gasteiger partial charge in [-0.25, -0.2) is 0 Å². The van der Waals surface area contributed by atoms with E-state index in [1.807, 2.05) is 30.1 Å². The first kappa shape index (κ1) is 14.2. The van der Waals surface area contributed by atoms with Gasteiger partial charge in [0.05, 0.1) is 0 Å². The van der Waals surface area contributed by atoms with Crippen LogP contribution in [-0.4, -0.2) is 29.7 Å². The molecule has 0 spiro atoms. The molecule has 1 aromatic rings. The van der Waals surface area contributed by atoms with Crippen LogP contribution in [-0.2, 0) is 39.3 Å². The first-order valence-corrected chi connectivity index (χ1v) is 4.42. The number of benzene rings is 1. The van der Waals surface area contributed by atoms with Gasteiger partial charge in [-0.05, 0) is 19.2 Å². The molecular formula is C11H16NOY-. The van der Waals surface area contributed by atoms with E-state index in [4.69, 9.17) is 5.11 Å². The van der Waals surface area contributed by atoms with Crippen LogP contribution in [0.3, 0.4) is 0 Å². The van der Waals surface area contributed by atoms with Gasteiger partial charge in [0.25, 0.3) is 0 Å². The van der Waals surface area contributed by atoms with Gasteiger partial charge in [0.1, 0.15) is 0 Å². The van der Waals surface area contributed by atoms with Crippen molar-refractivity contribution in [1.29, 1.82) is 0 Å². The van der Waals surface area contributed by atoms with Crippen LogP contribution in [0, 0.1) is 6.92 Å². The summed E-state index contributed by atoms with van der Waals surface area (Å²) in [5, 5.41) is 9.05. The number of hydrogen-bond acceptors (Lipinski definition) is 2. The van der Waals surface area contributed by atoms with Crippen molar-refractivity contribution in [2.24, 2.45) is 0 Å². The van der Waals surface area contributed by atoms with E-state index in [9.17, 15) is 0 Å². The Morgan fingerprint density at radius 1 is 1.36 bits per heavy atom. The molecule has 14 heavy (non-hydrogen) atoms. The smallest absolute Gasteiger partial charge is 0.0230 e. The van der Waals surface area contributed by atoms with E-state index in [-0.39, 0.29) is 32.7 Å². The summed E-state index contributed by atoms with van der Waals surface area (Å²) in [6.07, 6.45) is -0.506. The predicted molar refractivity (Wildman–Crippen MR) is 54.1 cm³/mol. The molecule has 0 aliphatic carbocycles. The number of likely N-dealkylation sites (N-methyl/N-ethyl adjacent to an activating group) is 1. The van der Waals surface area contributed by atoms with Crippen LogP contribution in [0.5, 0.6) is 0 Å². The van der Waals surface area contributed by atoms with Gasteiger partial charge >= 0.3 is 0 Å². The summed E-state index contributed by atoms with van der Waals surface area (Å²) >= 11 is 0. The Morgan fingerprint density at radius 3 is 2.43 bits per heavy atom. The van der Waals surface area contributed by atoms with Gasteiger partial charge in [0.15, 0.2) is 0 Å². The van der Waals surface area contributed by atoms with Gasteiger partial charge in [0.2, 0.25) is 0 Å². The molecule has 1 rings (SSSR count). The quantitative estimate of drug-likeness (QED) is 0.831. The maximum absolute atomic E-state index is 9.05. The number of rotatable bonds is 4. The van der Waals surface area contributed by atoms with Gasteiger partial charge in [-0.1, -0.05) is 36.4 Å². The summed E-state index contributed by atoms with van der Waals surface area (Å²) in [5.74, 6) is 0. The molecule has 1 radical (unpaired) electrons. The molecule has 75 valence electrons. The van der Waals surface area contributed by atoms with Gasteiger partial charge < -0.3 is 16.9 Å². The normalized spacial score (nSPS) is 12.3. The Balaban J connectivity index is 0.00000169. The summed E-state index contributed by atoms with van der Waals surface area (Å²) in [7, 11) is 1.97. The van der Waals surface area contributed by atoms with E-state index in [2.05, 4.69) is 19.1 Å². The molecule has 2 nitrogen and oxygen atoms in total. The molecule has 0 saturated heterocycles. The number of nitrogens with zero attached hydrogens (tertiary/aromatic N) is 1. The van der Waals surface area contributed by atoms with Crippen molar-refractivity contribution in [1.82, 2.24) is 4.90 Å². The molecule has 1 aromatic carbocycles. The molecule has 0 fully saturated rings. The Bertz CT molecular complexity index is 238. The summed E-state index contributed by atoms with van der Waals surface area (Å²) in [5.41, 5.74) is 1.26. The van der Waals surface area contributed by atoms with Crippen molar-refractivity contribution in [3.05, 3.63) is 42.8 Å². The maximum Gasteiger partial charge on any atom is 0.0230 e. The van der Waals surface area contributed by atoms with Crippen molar-refractivity contribution < 1.29 is 37.8 Å². The van der Waals surface area contributed by atoms with Crippen LogP contribution < -0.4 is 0 Å². The monoisotopic (exact) mass is 267 g/mol. The summed E-state index contributed by atoms with van der Waals surface area (Å²) in [4.78, 5) is 2.05. The van der Waals surface area contributed by atoms with E-state index in [0.717, 1.165) is 6.54 Å². The molecule has 1 N–H and O–H groups in total. The van der Waals surface area contributed by atoms with Crippen LogP contribution in [0.4, 0.5) is 0 Å². The average Bonchev–Trinajstić information content (AvgIpc) is 2.04. The van der Waals surface area contributed by atoms with Crippen molar-refractivity contribution in [3.63, 3.8) is 0 Å². The predicted octanol–water partition coefficient (Wildman–Crippen LogP) is 1.31. The van der Waals surface area contributed by atoms with E-state index >= 15 is 0 Å². The molecule has 0 aliphatic heterocycles. The van der Waals surface area contributed by atoms with E-state index < -0.39 is 6.10 Å². The van der Waals surface area contributed by atoms with Gasteiger partial charge in [-0.15, -0.1) is 0 Å². The molecule has 1 unspecified atom stereocenters. The Morgan fingerprint density at radius 2 is 1.93 bits per heavy atom. The minimum absolute atomic E-state index is 0. The second-order valence-electron chi connectivity index (χ2n) is 3.34. The molecule has 3 heteroatoms. The minimum Gasteiger partial charge on any atom is -0.424 e. The maximum atomic E-state index is 9.05. The summed E-state index contributed by atoms with van der Waals surface area (Å²) in [6, 6.07) is 10.2. The van der Waals surface area contributed by atoms with Crippen molar-refractivity contribution in [2.45, 2.75) is 12.6 Å². The third-order valence-electron chi connectivity index (χ3n) is 1.82. The number of aliphatic hydroxyl groups is 1. The zero-order valence-electron chi connectivity index (χ0n) is 8.56. The van der Waals surface area contributed by atoms with Crippen molar-refractivity contribution >= 4 is 0 Å². The molecule has 0 aliphatic rings. The molecule has 0 heterocycles. The van der Waals surface area contributed by atoms with E-state index in [1.165, 1.54) is 5.56 Å². The third kappa shape index (κ3) is 5.87. The first-order valence-electron chi connectivity index (χ1n) is 4.42. The number of hydrogen-bond donors (Lipinski definition) is 1. The Hall–Kier alpha value is 0.244. The minimum atomic E-state index is -0.506. The van der Waals surface area contributed by atoms with Crippen LogP contribution in [0.25, 0.3) is 0 Å². The molecule has 0 amide bonds. The SMILES string of the molecule is [CH2-]C(O)CN(C)Cc1ccccc1.[Y]. The van der Waals surface area contributed by atoms with Crippen LogP contribution in [0.1, 0.15) is 5.56 Å². The van der Waals surface area contributed by atoms with Gasteiger partial charge in [-0.2, -0.15) is 0 Å². The standard InChI is InChI=1S/C11H16NO.Y/c1-10(13)8-12(2)9-11-6-4-3-5-7-11;/h3-7,10,13H,1,8-9H2,2H3;/q-1;. The largest absolute Gasteiger partial charge is 0.424 e. The molecule has 0 aromatic heterocycles. The average molecular weight is 267 g/mol. The zero-order chi connectivity index (χ0) is 9.68. The van der Waals surface area contributed by atoms with Crippen molar-refractivity contribution in [2.75, 3.05) is 13.6 Å². The van der Waals surface area contributed by atoms with Gasteiger partial charge in [0, 0.05) is 39.3 Å². The Kier molecular flexibility index (Phi) is 7.66. The van der Waals surface area contributed by atoms with Gasteiger partial charge in [-0.3, -0.25) is 0 Å². The van der Waals surface area contributed by atoms with E-state index in [0.29, 0.717) is 6.54 Å². The second-order valence-corrected chi connectivity index (χ2v) is 3.34. The fraction of sp³-hybridized carbons (Fsp3) is 0.364. The fourth-order valence-corrected chi connectivity index (χ4v) is 1.32. The summed E-state index contributed by atoms with van der Waals surface area (Å²) in [6.45, 7) is 4.99. The molecular weight excluding hydrogens is 251 g/mol. The van der Waals surface area contributed by atoms with Crippen molar-refractivity contribution in [3.8, 4) is 0 Å². The molecule has 0 saturated carbocycles. The molecule has 0 bridgehead atoms. The number of aliphatic hydroxyl groups excluding tert-OH is 1. The first-order chi connectivity index (χ1) is 6.18. The Labute approximate surface area is 111 Å². The van der Waals surface area contributed by atoms with Crippen LogP contribution in [0.2, 0.25) is 0 Å².